The van der Waals surface area contributed by atoms with E-state index in [0.29, 0.717) is 21.8 Å². The maximum Gasteiger partial charge on any atom is 0.285 e. The second-order valence-corrected chi connectivity index (χ2v) is 4.98. The topological polar surface area (TPSA) is 141 Å². The van der Waals surface area contributed by atoms with Crippen LogP contribution in [0, 0.1) is 5.41 Å². The van der Waals surface area contributed by atoms with Gasteiger partial charge >= 0.3 is 0 Å². The molecule has 126 valence electrons. The second-order valence-electron chi connectivity index (χ2n) is 4.54. The average Bonchev–Trinajstić information content (AvgIpc) is 2.57. The summed E-state index contributed by atoms with van der Waals surface area (Å²) in [6.07, 6.45) is 0. The number of hydrogen-bond acceptors (Lipinski definition) is 6. The Morgan fingerprint density at radius 1 is 1.21 bits per heavy atom. The molecule has 0 fully saturated rings. The van der Waals surface area contributed by atoms with Gasteiger partial charge in [0.15, 0.2) is 5.78 Å². The molecular weight excluding hydrogens is 330 g/mol. The second kappa shape index (κ2) is 9.16. The minimum absolute atomic E-state index is 0.111. The van der Waals surface area contributed by atoms with E-state index >= 15 is 0 Å². The van der Waals surface area contributed by atoms with Gasteiger partial charge in [0.1, 0.15) is 0 Å². The Balaban J connectivity index is 0.000000307. The molecule has 0 aliphatic heterocycles. The molecule has 0 aliphatic rings. The zero-order valence-corrected chi connectivity index (χ0v) is 13.7. The van der Waals surface area contributed by atoms with E-state index < -0.39 is 6.02 Å². The monoisotopic (exact) mass is 347 g/mol. The number of carbonyl (C=O) groups excluding carboxylic acids is 1. The van der Waals surface area contributed by atoms with Gasteiger partial charge in [0.25, 0.3) is 6.02 Å². The highest BCUT2D eigenvalue weighted by molar-refractivity contribution is 6.31. The predicted molar refractivity (Wildman–Crippen MR) is 96.0 cm³/mol. The quantitative estimate of drug-likeness (QED) is 0.165. The van der Waals surface area contributed by atoms with Crippen molar-refractivity contribution in [1.82, 2.24) is 0 Å². The van der Waals surface area contributed by atoms with Crippen molar-refractivity contribution < 1.29 is 9.53 Å². The van der Waals surface area contributed by atoms with Crippen molar-refractivity contribution in [2.24, 2.45) is 16.7 Å². The number of halogens is 1. The molecule has 0 bridgehead atoms. The SMILES string of the molecule is C/C(=N/N)OC(=N)N.Nc1ccc(Cl)cc1C(=O)c1ccccc1. The number of rotatable bonds is 2. The summed E-state index contributed by atoms with van der Waals surface area (Å²) in [6.45, 7) is 1.50. The van der Waals surface area contributed by atoms with E-state index in [9.17, 15) is 4.79 Å². The number of amidine groups is 1. The number of carbonyl (C=O) groups is 1. The standard InChI is InChI=1S/C13H10ClNO.C3H8N4O/c14-10-6-7-12(15)11(8-10)13(16)9-4-2-1-3-5-9;1-2(7-6)8-3(4)5/h1-8H,15H2;6H2,1H3,(H3,4,5)/b;7-2-. The molecule has 0 saturated heterocycles. The van der Waals surface area contributed by atoms with Gasteiger partial charge in [0.05, 0.1) is 0 Å². The third kappa shape index (κ3) is 5.98. The van der Waals surface area contributed by atoms with Crippen molar-refractivity contribution in [3.63, 3.8) is 0 Å². The molecule has 2 aromatic carbocycles. The summed E-state index contributed by atoms with van der Waals surface area (Å²) in [5.41, 5.74) is 12.0. The third-order valence-corrected chi connectivity index (χ3v) is 2.97. The lowest BCUT2D eigenvalue weighted by Crippen LogP contribution is -2.18. The highest BCUT2D eigenvalue weighted by atomic mass is 35.5. The van der Waals surface area contributed by atoms with E-state index in [-0.39, 0.29) is 11.7 Å². The molecule has 7 nitrogen and oxygen atoms in total. The molecule has 8 heteroatoms. The van der Waals surface area contributed by atoms with Gasteiger partial charge in [-0.05, 0) is 18.2 Å². The summed E-state index contributed by atoms with van der Waals surface area (Å²) < 4.78 is 4.39. The van der Waals surface area contributed by atoms with E-state index in [0.717, 1.165) is 0 Å². The number of benzene rings is 2. The van der Waals surface area contributed by atoms with Crippen LogP contribution >= 0.6 is 11.6 Å². The molecule has 0 radical (unpaired) electrons. The van der Waals surface area contributed by atoms with E-state index in [4.69, 9.17) is 34.3 Å². The molecule has 0 aromatic heterocycles. The van der Waals surface area contributed by atoms with Gasteiger partial charge in [0, 0.05) is 28.8 Å². The number of nitrogens with one attached hydrogen (secondary N) is 1. The van der Waals surface area contributed by atoms with Gasteiger partial charge in [-0.2, -0.15) is 0 Å². The van der Waals surface area contributed by atoms with Crippen LogP contribution in [0.25, 0.3) is 0 Å². The highest BCUT2D eigenvalue weighted by Crippen LogP contribution is 2.20. The van der Waals surface area contributed by atoms with E-state index in [1.807, 2.05) is 18.2 Å². The lowest BCUT2D eigenvalue weighted by atomic mass is 10.0. The van der Waals surface area contributed by atoms with Crippen LogP contribution in [0.3, 0.4) is 0 Å². The Morgan fingerprint density at radius 3 is 2.33 bits per heavy atom. The Morgan fingerprint density at radius 2 is 1.83 bits per heavy atom. The number of nitrogen functional groups attached to an aromatic ring is 1. The van der Waals surface area contributed by atoms with Crippen molar-refractivity contribution in [2.45, 2.75) is 6.92 Å². The zero-order valence-electron chi connectivity index (χ0n) is 13.0. The van der Waals surface area contributed by atoms with Crippen LogP contribution in [0.15, 0.2) is 53.6 Å². The van der Waals surface area contributed by atoms with Crippen molar-refractivity contribution in [3.05, 3.63) is 64.7 Å². The molecule has 0 saturated carbocycles. The molecule has 0 unspecified atom stereocenters. The minimum atomic E-state index is -0.406. The normalized spacial score (nSPS) is 10.3. The summed E-state index contributed by atoms with van der Waals surface area (Å²) in [6, 6.07) is 13.5. The first-order valence-electron chi connectivity index (χ1n) is 6.76. The number of nitrogens with two attached hydrogens (primary N) is 3. The average molecular weight is 348 g/mol. The number of ether oxygens (including phenoxy) is 1. The molecular formula is C16H18ClN5O2. The first-order chi connectivity index (χ1) is 11.3. The van der Waals surface area contributed by atoms with Gasteiger partial charge in [0.2, 0.25) is 5.90 Å². The predicted octanol–water partition coefficient (Wildman–Crippen LogP) is 2.34. The Hall–Kier alpha value is -3.06. The van der Waals surface area contributed by atoms with Crippen molar-refractivity contribution >= 4 is 35.0 Å². The van der Waals surface area contributed by atoms with Crippen molar-refractivity contribution in [2.75, 3.05) is 5.73 Å². The Bertz CT molecular complexity index is 747. The van der Waals surface area contributed by atoms with Crippen LogP contribution in [-0.4, -0.2) is 17.7 Å². The smallest absolute Gasteiger partial charge is 0.285 e. The number of anilines is 1. The molecule has 24 heavy (non-hydrogen) atoms. The van der Waals surface area contributed by atoms with Crippen LogP contribution < -0.4 is 17.3 Å². The maximum atomic E-state index is 12.1. The van der Waals surface area contributed by atoms with Gasteiger partial charge < -0.3 is 22.0 Å². The fourth-order valence-electron chi connectivity index (χ4n) is 1.66. The Kier molecular flexibility index (Phi) is 7.25. The van der Waals surface area contributed by atoms with Crippen LogP contribution in [0.2, 0.25) is 5.02 Å². The number of hydrogen-bond donors (Lipinski definition) is 4. The van der Waals surface area contributed by atoms with E-state index in [1.165, 1.54) is 6.92 Å². The van der Waals surface area contributed by atoms with Crippen LogP contribution in [-0.2, 0) is 4.74 Å². The lowest BCUT2D eigenvalue weighted by Gasteiger charge is -2.05. The number of ketones is 1. The number of nitrogens with zero attached hydrogens (tertiary/aromatic N) is 1. The van der Waals surface area contributed by atoms with E-state index in [1.54, 1.807) is 30.3 Å². The zero-order chi connectivity index (χ0) is 18.1. The number of hydrazone groups is 1. The van der Waals surface area contributed by atoms with Crippen molar-refractivity contribution in [1.29, 1.82) is 5.41 Å². The van der Waals surface area contributed by atoms with Gasteiger partial charge in [-0.15, -0.1) is 5.10 Å². The summed E-state index contributed by atoms with van der Waals surface area (Å²) in [5, 5.41) is 10.2. The molecule has 7 N–H and O–H groups in total. The van der Waals surface area contributed by atoms with E-state index in [2.05, 4.69) is 9.84 Å². The van der Waals surface area contributed by atoms with Crippen LogP contribution in [0.4, 0.5) is 5.69 Å². The molecule has 0 atom stereocenters. The molecule has 0 aliphatic carbocycles. The molecule has 0 amide bonds. The van der Waals surface area contributed by atoms with Gasteiger partial charge in [-0.1, -0.05) is 41.9 Å². The first-order valence-corrected chi connectivity index (χ1v) is 7.14. The minimum Gasteiger partial charge on any atom is -0.410 e. The third-order valence-electron chi connectivity index (χ3n) is 2.74. The van der Waals surface area contributed by atoms with Crippen LogP contribution in [0.1, 0.15) is 22.8 Å². The highest BCUT2D eigenvalue weighted by Gasteiger charge is 2.12. The summed E-state index contributed by atoms with van der Waals surface area (Å²) >= 11 is 5.84. The molecule has 2 rings (SSSR count). The summed E-state index contributed by atoms with van der Waals surface area (Å²) in [7, 11) is 0. The lowest BCUT2D eigenvalue weighted by molar-refractivity contribution is 0.103. The molecule has 2 aromatic rings. The molecule has 0 heterocycles. The van der Waals surface area contributed by atoms with Crippen LogP contribution in [0.5, 0.6) is 0 Å². The van der Waals surface area contributed by atoms with Gasteiger partial charge in [-0.25, -0.2) is 0 Å². The first kappa shape index (κ1) is 19.0. The fourth-order valence-corrected chi connectivity index (χ4v) is 1.83. The summed E-state index contributed by atoms with van der Waals surface area (Å²) in [4.78, 5) is 12.1. The largest absolute Gasteiger partial charge is 0.410 e. The maximum absolute atomic E-state index is 12.1. The molecule has 0 spiro atoms. The summed E-state index contributed by atoms with van der Waals surface area (Å²) in [5.74, 6) is 4.80. The Labute approximate surface area is 144 Å². The fraction of sp³-hybridized carbons (Fsp3) is 0.0625. The van der Waals surface area contributed by atoms with Crippen molar-refractivity contribution in [3.8, 4) is 0 Å². The van der Waals surface area contributed by atoms with Gasteiger partial charge in [-0.3, -0.25) is 10.2 Å².